The molecule has 2 N–H and O–H groups in total. The number of benzene rings is 1. The third kappa shape index (κ3) is 4.95. The van der Waals surface area contributed by atoms with Crippen LogP contribution < -0.4 is 10.1 Å². The zero-order valence-corrected chi connectivity index (χ0v) is 13.8. The second-order valence-corrected chi connectivity index (χ2v) is 5.33. The predicted molar refractivity (Wildman–Crippen MR) is 86.3 cm³/mol. The summed E-state index contributed by atoms with van der Waals surface area (Å²) in [5, 5.41) is 19.1. The van der Waals surface area contributed by atoms with Crippen LogP contribution in [0.4, 0.5) is 0 Å². The molecule has 9 heteroatoms. The van der Waals surface area contributed by atoms with E-state index in [0.29, 0.717) is 24.6 Å². The lowest BCUT2D eigenvalue weighted by molar-refractivity contribution is -0.121. The molecule has 1 aromatic carbocycles. The first-order chi connectivity index (χ1) is 11.5. The summed E-state index contributed by atoms with van der Waals surface area (Å²) in [4.78, 5) is 22.6. The number of aromatic nitrogens is 3. The van der Waals surface area contributed by atoms with E-state index in [-0.39, 0.29) is 18.1 Å². The molecule has 0 atom stereocenters. The molecule has 24 heavy (non-hydrogen) atoms. The summed E-state index contributed by atoms with van der Waals surface area (Å²) >= 11 is 5.98. The van der Waals surface area contributed by atoms with Gasteiger partial charge in [0.25, 0.3) is 0 Å². The Balaban J connectivity index is 1.86. The fourth-order valence-corrected chi connectivity index (χ4v) is 2.25. The fraction of sp³-hybridized carbons (Fsp3) is 0.333. The van der Waals surface area contributed by atoms with Crippen molar-refractivity contribution in [3.63, 3.8) is 0 Å². The summed E-state index contributed by atoms with van der Waals surface area (Å²) in [6.07, 6.45) is 1.76. The minimum atomic E-state index is -1.19. The highest BCUT2D eigenvalue weighted by molar-refractivity contribution is 6.30. The third-order valence-corrected chi connectivity index (χ3v) is 3.34. The second-order valence-electron chi connectivity index (χ2n) is 4.89. The van der Waals surface area contributed by atoms with Gasteiger partial charge in [0.05, 0.1) is 12.8 Å². The van der Waals surface area contributed by atoms with E-state index >= 15 is 0 Å². The Bertz CT molecular complexity index is 732. The van der Waals surface area contributed by atoms with Crippen molar-refractivity contribution in [3.05, 3.63) is 40.7 Å². The molecule has 1 heterocycles. The summed E-state index contributed by atoms with van der Waals surface area (Å²) in [6.45, 7) is 2.72. The number of aromatic carboxylic acids is 1. The molecular formula is C15H17ClN4O4. The quantitative estimate of drug-likeness (QED) is 0.743. The Kier molecular flexibility index (Phi) is 6.14. The van der Waals surface area contributed by atoms with Gasteiger partial charge in [-0.2, -0.15) is 0 Å². The maximum atomic E-state index is 11.9. The van der Waals surface area contributed by atoms with E-state index in [2.05, 4.69) is 15.6 Å². The number of carboxylic acids is 1. The van der Waals surface area contributed by atoms with Gasteiger partial charge in [-0.1, -0.05) is 16.8 Å². The lowest BCUT2D eigenvalue weighted by atomic mass is 10.1. The van der Waals surface area contributed by atoms with E-state index in [1.54, 1.807) is 18.2 Å². The Labute approximate surface area is 143 Å². The highest BCUT2D eigenvalue weighted by Crippen LogP contribution is 2.23. The van der Waals surface area contributed by atoms with E-state index in [1.165, 1.54) is 10.9 Å². The number of hydrogen-bond donors (Lipinski definition) is 2. The van der Waals surface area contributed by atoms with E-state index in [1.807, 2.05) is 6.92 Å². The topological polar surface area (TPSA) is 106 Å². The lowest BCUT2D eigenvalue weighted by Crippen LogP contribution is -2.29. The molecule has 0 saturated heterocycles. The van der Waals surface area contributed by atoms with Crippen LogP contribution in [0.3, 0.4) is 0 Å². The van der Waals surface area contributed by atoms with Crippen LogP contribution in [0, 0.1) is 0 Å². The van der Waals surface area contributed by atoms with Gasteiger partial charge in [-0.25, -0.2) is 9.48 Å². The molecule has 0 unspecified atom stereocenters. The van der Waals surface area contributed by atoms with Crippen molar-refractivity contribution in [2.75, 3.05) is 13.2 Å². The molecule has 0 bridgehead atoms. The van der Waals surface area contributed by atoms with Gasteiger partial charge in [0.1, 0.15) is 12.3 Å². The van der Waals surface area contributed by atoms with Crippen molar-refractivity contribution in [2.45, 2.75) is 19.9 Å². The number of carbonyl (C=O) groups excluding carboxylic acids is 1. The van der Waals surface area contributed by atoms with Crippen LogP contribution in [-0.2, 0) is 17.8 Å². The Morgan fingerprint density at radius 2 is 2.21 bits per heavy atom. The molecule has 0 radical (unpaired) electrons. The number of halogens is 1. The fourth-order valence-electron chi connectivity index (χ4n) is 2.05. The van der Waals surface area contributed by atoms with Gasteiger partial charge in [0, 0.05) is 11.6 Å². The monoisotopic (exact) mass is 352 g/mol. The second kappa shape index (κ2) is 8.30. The first kappa shape index (κ1) is 17.7. The average Bonchev–Trinajstić information content (AvgIpc) is 2.98. The maximum absolute atomic E-state index is 11.9. The van der Waals surface area contributed by atoms with Crippen LogP contribution in [0.25, 0.3) is 0 Å². The molecule has 0 fully saturated rings. The van der Waals surface area contributed by atoms with Crippen LogP contribution in [0.5, 0.6) is 5.75 Å². The van der Waals surface area contributed by atoms with Crippen molar-refractivity contribution in [2.24, 2.45) is 0 Å². The lowest BCUT2D eigenvalue weighted by Gasteiger charge is -2.11. The molecule has 0 aliphatic rings. The molecule has 0 saturated carbocycles. The van der Waals surface area contributed by atoms with Gasteiger partial charge in [0.2, 0.25) is 5.91 Å². The number of carbonyl (C=O) groups is 2. The van der Waals surface area contributed by atoms with Crippen molar-refractivity contribution in [1.82, 2.24) is 20.3 Å². The van der Waals surface area contributed by atoms with Gasteiger partial charge in [-0.3, -0.25) is 4.79 Å². The highest BCUT2D eigenvalue weighted by atomic mass is 35.5. The van der Waals surface area contributed by atoms with Gasteiger partial charge in [0.15, 0.2) is 5.69 Å². The zero-order valence-electron chi connectivity index (χ0n) is 13.0. The number of nitrogens with zero attached hydrogens (tertiary/aromatic N) is 3. The van der Waals surface area contributed by atoms with Crippen LogP contribution >= 0.6 is 11.6 Å². The van der Waals surface area contributed by atoms with E-state index in [0.717, 1.165) is 11.3 Å². The standard InChI is InChI=1S/C15H17ClN4O4/c1-2-24-13-4-3-11(16)7-10(13)5-6-17-14(21)9-20-8-12(15(22)23)18-19-20/h3-4,7-8H,2,5-6,9H2,1H3,(H,17,21)(H,22,23). The van der Waals surface area contributed by atoms with Gasteiger partial charge >= 0.3 is 5.97 Å². The first-order valence-electron chi connectivity index (χ1n) is 7.31. The van der Waals surface area contributed by atoms with Gasteiger partial charge in [-0.15, -0.1) is 5.10 Å². The molecule has 0 aliphatic heterocycles. The molecule has 2 rings (SSSR count). The van der Waals surface area contributed by atoms with Gasteiger partial charge < -0.3 is 15.2 Å². The molecule has 0 spiro atoms. The summed E-state index contributed by atoms with van der Waals surface area (Å²) in [5.74, 6) is -0.749. The first-order valence-corrected chi connectivity index (χ1v) is 7.68. The summed E-state index contributed by atoms with van der Waals surface area (Å²) in [6, 6.07) is 5.35. The third-order valence-electron chi connectivity index (χ3n) is 3.10. The summed E-state index contributed by atoms with van der Waals surface area (Å²) in [7, 11) is 0. The van der Waals surface area contributed by atoms with Crippen molar-refractivity contribution >= 4 is 23.5 Å². The molecule has 1 amide bonds. The number of carboxylic acid groups (broad SMARTS) is 1. The molecular weight excluding hydrogens is 336 g/mol. The van der Waals surface area contributed by atoms with E-state index in [4.69, 9.17) is 21.4 Å². The molecule has 0 aliphatic carbocycles. The SMILES string of the molecule is CCOc1ccc(Cl)cc1CCNC(=O)Cn1cc(C(=O)O)nn1. The normalized spacial score (nSPS) is 10.4. The predicted octanol–water partition coefficient (Wildman–Crippen LogP) is 1.39. The van der Waals surface area contributed by atoms with Crippen LogP contribution in [0.1, 0.15) is 23.0 Å². The van der Waals surface area contributed by atoms with E-state index in [9.17, 15) is 9.59 Å². The Morgan fingerprint density at radius 3 is 2.88 bits per heavy atom. The van der Waals surface area contributed by atoms with Crippen molar-refractivity contribution < 1.29 is 19.4 Å². The summed E-state index contributed by atoms with van der Waals surface area (Å²) in [5.41, 5.74) is 0.696. The average molecular weight is 353 g/mol. The van der Waals surface area contributed by atoms with E-state index < -0.39 is 5.97 Å². The van der Waals surface area contributed by atoms with Crippen LogP contribution in [0.15, 0.2) is 24.4 Å². The highest BCUT2D eigenvalue weighted by Gasteiger charge is 2.11. The van der Waals surface area contributed by atoms with Crippen LogP contribution in [-0.4, -0.2) is 45.1 Å². The smallest absolute Gasteiger partial charge is 0.358 e. The number of ether oxygens (including phenoxy) is 1. The number of nitrogens with one attached hydrogen (secondary N) is 1. The molecule has 1 aromatic heterocycles. The maximum Gasteiger partial charge on any atom is 0.358 e. The Morgan fingerprint density at radius 1 is 1.42 bits per heavy atom. The zero-order chi connectivity index (χ0) is 17.5. The molecule has 8 nitrogen and oxygen atoms in total. The number of hydrogen-bond acceptors (Lipinski definition) is 5. The van der Waals surface area contributed by atoms with Crippen molar-refractivity contribution in [3.8, 4) is 5.75 Å². The minimum Gasteiger partial charge on any atom is -0.494 e. The Hall–Kier alpha value is -2.61. The molecule has 128 valence electrons. The largest absolute Gasteiger partial charge is 0.494 e. The van der Waals surface area contributed by atoms with Crippen LogP contribution in [0.2, 0.25) is 5.02 Å². The summed E-state index contributed by atoms with van der Waals surface area (Å²) < 4.78 is 6.69. The molecule has 2 aromatic rings. The number of rotatable bonds is 8. The van der Waals surface area contributed by atoms with Crippen molar-refractivity contribution in [1.29, 1.82) is 0 Å². The minimum absolute atomic E-state index is 0.103. The number of amides is 1. The van der Waals surface area contributed by atoms with Gasteiger partial charge in [-0.05, 0) is 37.1 Å².